The minimum atomic E-state index is -0.521. The van der Waals surface area contributed by atoms with Crippen LogP contribution in [0.2, 0.25) is 0 Å². The standard InChI is InChI=1S/C11H13BrN2O3/c1-2-3-7-13-11(15)8-5-4-6-9(10(8)12)14(16)17/h4-6H,2-3,7H2,1H3,(H,13,15). The smallest absolute Gasteiger partial charge is 0.284 e. The van der Waals surface area contributed by atoms with E-state index < -0.39 is 4.92 Å². The molecule has 0 spiro atoms. The average molecular weight is 301 g/mol. The van der Waals surface area contributed by atoms with Crippen molar-refractivity contribution < 1.29 is 9.72 Å². The van der Waals surface area contributed by atoms with Gasteiger partial charge < -0.3 is 5.32 Å². The molecule has 1 N–H and O–H groups in total. The number of benzene rings is 1. The van der Waals surface area contributed by atoms with Crippen LogP contribution in [0.15, 0.2) is 22.7 Å². The van der Waals surface area contributed by atoms with Crippen molar-refractivity contribution in [1.29, 1.82) is 0 Å². The molecule has 0 bridgehead atoms. The lowest BCUT2D eigenvalue weighted by Gasteiger charge is -2.06. The van der Waals surface area contributed by atoms with Crippen LogP contribution in [0.3, 0.4) is 0 Å². The maximum atomic E-state index is 11.8. The molecule has 0 aliphatic heterocycles. The van der Waals surface area contributed by atoms with Gasteiger partial charge in [0.1, 0.15) is 4.47 Å². The number of halogens is 1. The number of nitrogens with one attached hydrogen (secondary N) is 1. The van der Waals surface area contributed by atoms with Gasteiger partial charge in [0.2, 0.25) is 0 Å². The molecule has 92 valence electrons. The SMILES string of the molecule is CCCCNC(=O)c1cccc([N+](=O)[O-])c1Br. The van der Waals surface area contributed by atoms with Crippen LogP contribution in [0.4, 0.5) is 5.69 Å². The fraction of sp³-hybridized carbons (Fsp3) is 0.364. The molecule has 0 aromatic heterocycles. The van der Waals surface area contributed by atoms with E-state index in [0.717, 1.165) is 12.8 Å². The molecule has 1 aromatic rings. The molecular formula is C11H13BrN2O3. The molecular weight excluding hydrogens is 288 g/mol. The van der Waals surface area contributed by atoms with Gasteiger partial charge >= 0.3 is 0 Å². The topological polar surface area (TPSA) is 72.2 Å². The number of hydrogen-bond acceptors (Lipinski definition) is 3. The van der Waals surface area contributed by atoms with Crippen molar-refractivity contribution in [2.75, 3.05) is 6.54 Å². The third-order valence-electron chi connectivity index (χ3n) is 2.24. The summed E-state index contributed by atoms with van der Waals surface area (Å²) in [6.45, 7) is 2.60. The van der Waals surface area contributed by atoms with Crippen LogP contribution in [0.1, 0.15) is 30.1 Å². The summed E-state index contributed by atoms with van der Waals surface area (Å²) in [6.07, 6.45) is 1.87. The molecule has 0 radical (unpaired) electrons. The van der Waals surface area contributed by atoms with E-state index in [4.69, 9.17) is 0 Å². The molecule has 17 heavy (non-hydrogen) atoms. The van der Waals surface area contributed by atoms with E-state index in [1.165, 1.54) is 12.1 Å². The van der Waals surface area contributed by atoms with Gasteiger partial charge in [0.05, 0.1) is 10.5 Å². The number of nitro groups is 1. The van der Waals surface area contributed by atoms with Gasteiger partial charge in [-0.25, -0.2) is 0 Å². The first-order valence-electron chi connectivity index (χ1n) is 5.29. The number of nitro benzene ring substituents is 1. The van der Waals surface area contributed by atoms with E-state index in [-0.39, 0.29) is 21.6 Å². The van der Waals surface area contributed by atoms with Crippen molar-refractivity contribution in [2.45, 2.75) is 19.8 Å². The van der Waals surface area contributed by atoms with E-state index in [0.29, 0.717) is 6.54 Å². The fourth-order valence-electron chi connectivity index (χ4n) is 1.31. The second-order valence-corrected chi connectivity index (χ2v) is 4.30. The van der Waals surface area contributed by atoms with Gasteiger partial charge in [0.25, 0.3) is 11.6 Å². The molecule has 0 heterocycles. The fourth-order valence-corrected chi connectivity index (χ4v) is 1.90. The van der Waals surface area contributed by atoms with Crippen LogP contribution in [0.25, 0.3) is 0 Å². The molecule has 0 saturated carbocycles. The number of carbonyl (C=O) groups is 1. The van der Waals surface area contributed by atoms with Gasteiger partial charge in [0.15, 0.2) is 0 Å². The number of hydrogen-bond donors (Lipinski definition) is 1. The minimum Gasteiger partial charge on any atom is -0.352 e. The molecule has 1 amide bonds. The maximum Gasteiger partial charge on any atom is 0.284 e. The minimum absolute atomic E-state index is 0.104. The zero-order valence-corrected chi connectivity index (χ0v) is 11.0. The number of amides is 1. The monoisotopic (exact) mass is 300 g/mol. The Morgan fingerprint density at radius 3 is 2.82 bits per heavy atom. The van der Waals surface area contributed by atoms with Crippen molar-refractivity contribution >= 4 is 27.5 Å². The second kappa shape index (κ2) is 6.34. The lowest BCUT2D eigenvalue weighted by atomic mass is 10.2. The van der Waals surface area contributed by atoms with Crippen molar-refractivity contribution in [1.82, 2.24) is 5.32 Å². The van der Waals surface area contributed by atoms with E-state index >= 15 is 0 Å². The van der Waals surface area contributed by atoms with E-state index in [1.54, 1.807) is 6.07 Å². The van der Waals surface area contributed by atoms with E-state index in [2.05, 4.69) is 21.2 Å². The van der Waals surface area contributed by atoms with Crippen molar-refractivity contribution in [3.63, 3.8) is 0 Å². The predicted octanol–water partition coefficient (Wildman–Crippen LogP) is 2.89. The van der Waals surface area contributed by atoms with Crippen LogP contribution >= 0.6 is 15.9 Å². The molecule has 0 saturated heterocycles. The van der Waals surface area contributed by atoms with Gasteiger partial charge in [-0.2, -0.15) is 0 Å². The Balaban J connectivity index is 2.87. The Morgan fingerprint density at radius 2 is 2.24 bits per heavy atom. The molecule has 1 aromatic carbocycles. The summed E-state index contributed by atoms with van der Waals surface area (Å²) < 4.78 is 0.221. The van der Waals surface area contributed by atoms with Crippen LogP contribution in [0.5, 0.6) is 0 Å². The summed E-state index contributed by atoms with van der Waals surface area (Å²) in [6, 6.07) is 4.41. The lowest BCUT2D eigenvalue weighted by molar-refractivity contribution is -0.385. The van der Waals surface area contributed by atoms with Gasteiger partial charge in [0, 0.05) is 12.6 Å². The van der Waals surface area contributed by atoms with Gasteiger partial charge in [-0.3, -0.25) is 14.9 Å². The molecule has 6 heteroatoms. The highest BCUT2D eigenvalue weighted by Crippen LogP contribution is 2.28. The first-order valence-corrected chi connectivity index (χ1v) is 6.08. The lowest BCUT2D eigenvalue weighted by Crippen LogP contribution is -2.24. The van der Waals surface area contributed by atoms with Crippen molar-refractivity contribution in [3.05, 3.63) is 38.3 Å². The highest BCUT2D eigenvalue weighted by molar-refractivity contribution is 9.10. The third-order valence-corrected chi connectivity index (χ3v) is 3.07. The quantitative estimate of drug-likeness (QED) is 0.516. The molecule has 5 nitrogen and oxygen atoms in total. The van der Waals surface area contributed by atoms with Crippen LogP contribution in [0, 0.1) is 10.1 Å². The Hall–Kier alpha value is -1.43. The van der Waals surface area contributed by atoms with Gasteiger partial charge in [-0.1, -0.05) is 19.4 Å². The summed E-state index contributed by atoms with van der Waals surface area (Å²) >= 11 is 3.09. The van der Waals surface area contributed by atoms with Crippen LogP contribution in [-0.4, -0.2) is 17.4 Å². The summed E-state index contributed by atoms with van der Waals surface area (Å²) in [5.74, 6) is -0.297. The molecule has 0 fully saturated rings. The normalized spacial score (nSPS) is 10.0. The zero-order valence-electron chi connectivity index (χ0n) is 9.40. The van der Waals surface area contributed by atoms with E-state index in [1.807, 2.05) is 6.92 Å². The first-order chi connectivity index (χ1) is 8.07. The predicted molar refractivity (Wildman–Crippen MR) is 68.0 cm³/mol. The largest absolute Gasteiger partial charge is 0.352 e. The molecule has 1 rings (SSSR count). The molecule has 0 unspecified atom stereocenters. The third kappa shape index (κ3) is 3.52. The van der Waals surface area contributed by atoms with Crippen molar-refractivity contribution in [3.8, 4) is 0 Å². The Bertz CT molecular complexity index is 435. The Morgan fingerprint density at radius 1 is 1.53 bits per heavy atom. The highest BCUT2D eigenvalue weighted by atomic mass is 79.9. The molecule has 0 aliphatic rings. The maximum absolute atomic E-state index is 11.8. The number of rotatable bonds is 5. The number of unbranched alkanes of at least 4 members (excludes halogenated alkanes) is 1. The Kier molecular flexibility index (Phi) is 5.09. The summed E-state index contributed by atoms with van der Waals surface area (Å²) in [5.41, 5.74) is 0.184. The summed E-state index contributed by atoms with van der Waals surface area (Å²) in [4.78, 5) is 21.9. The molecule has 0 aliphatic carbocycles. The summed E-state index contributed by atoms with van der Waals surface area (Å²) in [7, 11) is 0. The van der Waals surface area contributed by atoms with E-state index in [9.17, 15) is 14.9 Å². The average Bonchev–Trinajstić information content (AvgIpc) is 2.29. The van der Waals surface area contributed by atoms with Gasteiger partial charge in [-0.05, 0) is 28.4 Å². The second-order valence-electron chi connectivity index (χ2n) is 3.51. The molecule has 0 atom stereocenters. The van der Waals surface area contributed by atoms with Crippen LogP contribution in [-0.2, 0) is 0 Å². The zero-order chi connectivity index (χ0) is 12.8. The van der Waals surface area contributed by atoms with Crippen LogP contribution < -0.4 is 5.32 Å². The number of carbonyl (C=O) groups excluding carboxylic acids is 1. The van der Waals surface area contributed by atoms with Gasteiger partial charge in [-0.15, -0.1) is 0 Å². The number of nitrogens with zero attached hydrogens (tertiary/aromatic N) is 1. The summed E-state index contributed by atoms with van der Waals surface area (Å²) in [5, 5.41) is 13.4. The van der Waals surface area contributed by atoms with Crippen molar-refractivity contribution in [2.24, 2.45) is 0 Å². The first kappa shape index (κ1) is 13.6. The Labute approximate surface area is 107 Å². The highest BCUT2D eigenvalue weighted by Gasteiger charge is 2.18.